The largest absolute Gasteiger partial charge is 0.492 e. The molecule has 0 radical (unpaired) electrons. The van der Waals surface area contributed by atoms with Gasteiger partial charge in [0.1, 0.15) is 17.1 Å². The Morgan fingerprint density at radius 1 is 1.12 bits per heavy atom. The van der Waals surface area contributed by atoms with Crippen LogP contribution in [0.3, 0.4) is 0 Å². The predicted molar refractivity (Wildman–Crippen MR) is 92.7 cm³/mol. The number of sulfonamides is 1. The molecule has 124 valence electrons. The van der Waals surface area contributed by atoms with Crippen LogP contribution < -0.4 is 9.46 Å². The lowest BCUT2D eigenvalue weighted by atomic mass is 10.2. The lowest BCUT2D eigenvalue weighted by molar-refractivity contribution is 0.343. The van der Waals surface area contributed by atoms with E-state index in [0.29, 0.717) is 23.3 Å². The Morgan fingerprint density at radius 2 is 1.96 bits per heavy atom. The molecule has 0 saturated carbocycles. The van der Waals surface area contributed by atoms with Gasteiger partial charge in [0.2, 0.25) is 0 Å². The summed E-state index contributed by atoms with van der Waals surface area (Å²) >= 11 is 0. The van der Waals surface area contributed by atoms with Crippen LogP contribution in [-0.4, -0.2) is 25.0 Å². The molecule has 0 aliphatic rings. The normalized spacial score (nSPS) is 11.4. The van der Waals surface area contributed by atoms with Crippen molar-refractivity contribution in [1.82, 2.24) is 9.97 Å². The zero-order chi connectivity index (χ0) is 17.2. The fraction of sp³-hybridized carbons (Fsp3) is 0.176. The fourth-order valence-electron chi connectivity index (χ4n) is 2.42. The van der Waals surface area contributed by atoms with Crippen molar-refractivity contribution in [3.8, 4) is 5.75 Å². The zero-order valence-corrected chi connectivity index (χ0v) is 14.2. The van der Waals surface area contributed by atoms with Crippen molar-refractivity contribution < 1.29 is 13.2 Å². The first kappa shape index (κ1) is 16.2. The number of nitrogens with zero attached hydrogens (tertiary/aromatic N) is 2. The lowest BCUT2D eigenvalue weighted by Crippen LogP contribution is -2.14. The van der Waals surface area contributed by atoms with Gasteiger partial charge in [0.05, 0.1) is 11.5 Å². The Bertz CT molecular complexity index is 987. The van der Waals surface area contributed by atoms with Crippen LogP contribution in [0.4, 0.5) is 5.82 Å². The second kappa shape index (κ2) is 6.45. The minimum absolute atomic E-state index is 0.136. The van der Waals surface area contributed by atoms with Gasteiger partial charge in [0.15, 0.2) is 0 Å². The molecule has 1 N–H and O–H groups in total. The third-order valence-electron chi connectivity index (χ3n) is 3.41. The number of hydrogen-bond donors (Lipinski definition) is 1. The van der Waals surface area contributed by atoms with Gasteiger partial charge in [0.25, 0.3) is 10.0 Å². The third-order valence-corrected chi connectivity index (χ3v) is 4.82. The molecule has 24 heavy (non-hydrogen) atoms. The van der Waals surface area contributed by atoms with E-state index in [4.69, 9.17) is 4.74 Å². The Morgan fingerprint density at radius 3 is 2.71 bits per heavy atom. The van der Waals surface area contributed by atoms with Crippen molar-refractivity contribution in [3.05, 3.63) is 54.4 Å². The topological polar surface area (TPSA) is 81.2 Å². The second-order valence-electron chi connectivity index (χ2n) is 5.16. The molecule has 0 amide bonds. The molecule has 0 bridgehead atoms. The van der Waals surface area contributed by atoms with Gasteiger partial charge in [-0.3, -0.25) is 9.71 Å². The van der Waals surface area contributed by atoms with E-state index < -0.39 is 10.0 Å². The van der Waals surface area contributed by atoms with Crippen LogP contribution in [0, 0.1) is 6.92 Å². The molecule has 0 unspecified atom stereocenters. The summed E-state index contributed by atoms with van der Waals surface area (Å²) in [6.07, 6.45) is 1.61. The standard InChI is InChI=1S/C17H17N3O3S/c1-3-23-14-9-10-15(13-7-5-11-18-17(13)14)24(21,22)20-16-8-4-6-12(2)19-16/h4-11H,3H2,1-2H3,(H,19,20). The zero-order valence-electron chi connectivity index (χ0n) is 13.4. The summed E-state index contributed by atoms with van der Waals surface area (Å²) in [4.78, 5) is 8.58. The highest BCUT2D eigenvalue weighted by atomic mass is 32.2. The average Bonchev–Trinajstić information content (AvgIpc) is 2.55. The Balaban J connectivity index is 2.10. The second-order valence-corrected chi connectivity index (χ2v) is 6.81. The van der Waals surface area contributed by atoms with E-state index in [1.165, 1.54) is 6.07 Å². The number of hydrogen-bond acceptors (Lipinski definition) is 5. The summed E-state index contributed by atoms with van der Waals surface area (Å²) in [6.45, 7) is 4.14. The summed E-state index contributed by atoms with van der Waals surface area (Å²) < 4.78 is 33.6. The van der Waals surface area contributed by atoms with Gasteiger partial charge in [-0.05, 0) is 50.2 Å². The van der Waals surface area contributed by atoms with Gasteiger partial charge in [-0.15, -0.1) is 0 Å². The molecule has 3 rings (SSSR count). The first-order valence-corrected chi connectivity index (χ1v) is 8.96. The first-order valence-electron chi connectivity index (χ1n) is 7.48. The number of ether oxygens (including phenoxy) is 1. The molecule has 1 aromatic carbocycles. The molecule has 0 aliphatic heterocycles. The molecule has 0 aliphatic carbocycles. The Labute approximate surface area is 140 Å². The number of nitrogens with one attached hydrogen (secondary N) is 1. The van der Waals surface area contributed by atoms with Gasteiger partial charge in [-0.2, -0.15) is 0 Å². The number of rotatable bonds is 5. The van der Waals surface area contributed by atoms with Crippen LogP contribution in [0.25, 0.3) is 10.9 Å². The first-order chi connectivity index (χ1) is 11.5. The molecule has 0 atom stereocenters. The summed E-state index contributed by atoms with van der Waals surface area (Å²) in [7, 11) is -3.80. The van der Waals surface area contributed by atoms with Crippen molar-refractivity contribution in [2.45, 2.75) is 18.7 Å². The summed E-state index contributed by atoms with van der Waals surface area (Å²) in [5, 5.41) is 0.503. The number of aryl methyl sites for hydroxylation is 1. The van der Waals surface area contributed by atoms with Crippen molar-refractivity contribution >= 4 is 26.7 Å². The molecule has 7 heteroatoms. The quantitative estimate of drug-likeness (QED) is 0.770. The van der Waals surface area contributed by atoms with Crippen LogP contribution in [-0.2, 0) is 10.0 Å². The van der Waals surface area contributed by atoms with Crippen LogP contribution in [0.15, 0.2) is 53.6 Å². The number of aromatic nitrogens is 2. The van der Waals surface area contributed by atoms with Crippen molar-refractivity contribution in [2.75, 3.05) is 11.3 Å². The van der Waals surface area contributed by atoms with E-state index >= 15 is 0 Å². The van der Waals surface area contributed by atoms with Crippen molar-refractivity contribution in [3.63, 3.8) is 0 Å². The highest BCUT2D eigenvalue weighted by Crippen LogP contribution is 2.30. The molecule has 0 saturated heterocycles. The lowest BCUT2D eigenvalue weighted by Gasteiger charge is -2.12. The number of benzene rings is 1. The van der Waals surface area contributed by atoms with Crippen LogP contribution >= 0.6 is 0 Å². The molecule has 2 aromatic heterocycles. The maximum absolute atomic E-state index is 12.8. The van der Waals surface area contributed by atoms with Gasteiger partial charge >= 0.3 is 0 Å². The average molecular weight is 343 g/mol. The summed E-state index contributed by atoms with van der Waals surface area (Å²) in [5.74, 6) is 0.835. The monoisotopic (exact) mass is 343 g/mol. The van der Waals surface area contributed by atoms with Gasteiger partial charge in [0, 0.05) is 17.3 Å². The van der Waals surface area contributed by atoms with Gasteiger partial charge in [-0.25, -0.2) is 13.4 Å². The highest BCUT2D eigenvalue weighted by molar-refractivity contribution is 7.93. The molecule has 3 aromatic rings. The number of anilines is 1. The van der Waals surface area contributed by atoms with E-state index in [1.807, 2.05) is 6.92 Å². The maximum Gasteiger partial charge on any atom is 0.263 e. The van der Waals surface area contributed by atoms with Crippen molar-refractivity contribution in [2.24, 2.45) is 0 Å². The number of pyridine rings is 2. The molecular formula is C17H17N3O3S. The van der Waals surface area contributed by atoms with E-state index in [2.05, 4.69) is 14.7 Å². The maximum atomic E-state index is 12.8. The minimum Gasteiger partial charge on any atom is -0.492 e. The summed E-state index contributed by atoms with van der Waals surface area (Å²) in [5.41, 5.74) is 1.24. The van der Waals surface area contributed by atoms with Crippen molar-refractivity contribution in [1.29, 1.82) is 0 Å². The molecule has 0 fully saturated rings. The molecule has 2 heterocycles. The van der Waals surface area contributed by atoms with Crippen LogP contribution in [0.5, 0.6) is 5.75 Å². The highest BCUT2D eigenvalue weighted by Gasteiger charge is 2.20. The van der Waals surface area contributed by atoms with Gasteiger partial charge in [-0.1, -0.05) is 6.07 Å². The fourth-order valence-corrected chi connectivity index (χ4v) is 3.62. The van der Waals surface area contributed by atoms with Gasteiger partial charge < -0.3 is 4.74 Å². The molecule has 0 spiro atoms. The van der Waals surface area contributed by atoms with E-state index in [-0.39, 0.29) is 10.7 Å². The third kappa shape index (κ3) is 3.16. The predicted octanol–water partition coefficient (Wildman–Crippen LogP) is 3.14. The SMILES string of the molecule is CCOc1ccc(S(=O)(=O)Nc2cccc(C)n2)c2cccnc12. The van der Waals surface area contributed by atoms with Crippen LogP contribution in [0.1, 0.15) is 12.6 Å². The van der Waals surface area contributed by atoms with E-state index in [1.54, 1.807) is 49.5 Å². The smallest absolute Gasteiger partial charge is 0.263 e. The van der Waals surface area contributed by atoms with E-state index in [9.17, 15) is 8.42 Å². The summed E-state index contributed by atoms with van der Waals surface area (Å²) in [6, 6.07) is 11.7. The van der Waals surface area contributed by atoms with E-state index in [0.717, 1.165) is 5.69 Å². The number of fused-ring (bicyclic) bond motifs is 1. The van der Waals surface area contributed by atoms with Crippen LogP contribution in [0.2, 0.25) is 0 Å². The Kier molecular flexibility index (Phi) is 4.35. The Hall–Kier alpha value is -2.67. The molecule has 6 nitrogen and oxygen atoms in total. The minimum atomic E-state index is -3.80. The molecular weight excluding hydrogens is 326 g/mol.